The Morgan fingerprint density at radius 2 is 2.06 bits per heavy atom. The van der Waals surface area contributed by atoms with Gasteiger partial charge in [-0.05, 0) is 39.8 Å². The summed E-state index contributed by atoms with van der Waals surface area (Å²) < 4.78 is 17.1. The highest BCUT2D eigenvalue weighted by Gasteiger charge is 2.26. The molecule has 0 N–H and O–H groups in total. The van der Waals surface area contributed by atoms with Crippen molar-refractivity contribution in [1.82, 2.24) is 0 Å². The fourth-order valence-corrected chi connectivity index (χ4v) is 2.10. The first-order valence-electron chi connectivity index (χ1n) is 6.21. The van der Waals surface area contributed by atoms with Crippen LogP contribution in [-0.2, 0) is 0 Å². The lowest BCUT2D eigenvalue weighted by Gasteiger charge is -2.30. The predicted molar refractivity (Wildman–Crippen MR) is 72.6 cm³/mol. The van der Waals surface area contributed by atoms with E-state index in [0.29, 0.717) is 6.61 Å². The van der Waals surface area contributed by atoms with E-state index in [9.17, 15) is 0 Å². The summed E-state index contributed by atoms with van der Waals surface area (Å²) in [6.45, 7) is 8.65. The first-order chi connectivity index (χ1) is 8.48. The van der Waals surface area contributed by atoms with Crippen molar-refractivity contribution < 1.29 is 14.2 Å². The number of benzene rings is 1. The lowest BCUT2D eigenvalue weighted by atomic mass is 9.99. The van der Waals surface area contributed by atoms with Crippen LogP contribution < -0.4 is 14.2 Å². The quantitative estimate of drug-likeness (QED) is 0.818. The fourth-order valence-electron chi connectivity index (χ4n) is 2.10. The van der Waals surface area contributed by atoms with E-state index in [1.165, 1.54) is 0 Å². The van der Waals surface area contributed by atoms with Crippen LogP contribution in [0.5, 0.6) is 17.2 Å². The maximum absolute atomic E-state index is 6.01. The summed E-state index contributed by atoms with van der Waals surface area (Å²) in [5.74, 6) is 2.40. The van der Waals surface area contributed by atoms with Crippen molar-refractivity contribution in [2.24, 2.45) is 0 Å². The minimum Gasteiger partial charge on any atom is -0.493 e. The zero-order valence-electron chi connectivity index (χ0n) is 11.7. The van der Waals surface area contributed by atoms with E-state index in [1.807, 2.05) is 33.8 Å². The van der Waals surface area contributed by atoms with Crippen LogP contribution in [0.1, 0.15) is 31.9 Å². The Morgan fingerprint density at radius 3 is 2.67 bits per heavy atom. The average Bonchev–Trinajstić information content (AvgIpc) is 2.33. The molecule has 1 aliphatic heterocycles. The maximum Gasteiger partial charge on any atom is 0.167 e. The number of ether oxygens (including phenoxy) is 3. The monoisotopic (exact) mass is 248 g/mol. The third-order valence-corrected chi connectivity index (χ3v) is 2.99. The molecule has 0 unspecified atom stereocenters. The lowest BCUT2D eigenvalue weighted by molar-refractivity contribution is 0.156. The minimum atomic E-state index is -0.282. The third kappa shape index (κ3) is 2.17. The Bertz CT molecular complexity index is 487. The first kappa shape index (κ1) is 12.8. The van der Waals surface area contributed by atoms with Crippen LogP contribution in [0.4, 0.5) is 0 Å². The van der Waals surface area contributed by atoms with Gasteiger partial charge >= 0.3 is 0 Å². The van der Waals surface area contributed by atoms with Crippen molar-refractivity contribution in [3.05, 3.63) is 23.3 Å². The van der Waals surface area contributed by atoms with E-state index < -0.39 is 0 Å². The van der Waals surface area contributed by atoms with Gasteiger partial charge in [0.05, 0.1) is 13.7 Å². The summed E-state index contributed by atoms with van der Waals surface area (Å²) in [6, 6.07) is 1.96. The molecule has 0 amide bonds. The Labute approximate surface area is 108 Å². The molecule has 0 radical (unpaired) electrons. The molecule has 1 aromatic rings. The summed E-state index contributed by atoms with van der Waals surface area (Å²) in [7, 11) is 1.65. The predicted octanol–water partition coefficient (Wildman–Crippen LogP) is 3.59. The van der Waals surface area contributed by atoms with Crippen LogP contribution in [0.15, 0.2) is 12.1 Å². The van der Waals surface area contributed by atoms with Gasteiger partial charge in [0.2, 0.25) is 0 Å². The zero-order valence-corrected chi connectivity index (χ0v) is 11.7. The molecule has 0 aliphatic carbocycles. The highest BCUT2D eigenvalue weighted by atomic mass is 16.5. The highest BCUT2D eigenvalue weighted by Crippen LogP contribution is 2.43. The second-order valence-corrected chi connectivity index (χ2v) is 4.92. The van der Waals surface area contributed by atoms with Gasteiger partial charge in [-0.2, -0.15) is 0 Å². The molecule has 0 fully saturated rings. The van der Waals surface area contributed by atoms with Crippen molar-refractivity contribution in [2.45, 2.75) is 33.3 Å². The van der Waals surface area contributed by atoms with Crippen LogP contribution in [0.25, 0.3) is 6.08 Å². The SMILES string of the molecule is CCOc1c(OC)cc2c(c1C)OC(C)(C)C=C2. The molecular formula is C15H20O3. The second kappa shape index (κ2) is 4.56. The van der Waals surface area contributed by atoms with Gasteiger partial charge in [0.15, 0.2) is 11.5 Å². The summed E-state index contributed by atoms with van der Waals surface area (Å²) in [5, 5.41) is 0. The van der Waals surface area contributed by atoms with Crippen molar-refractivity contribution in [3.63, 3.8) is 0 Å². The number of fused-ring (bicyclic) bond motifs is 1. The van der Waals surface area contributed by atoms with E-state index >= 15 is 0 Å². The number of rotatable bonds is 3. The van der Waals surface area contributed by atoms with Gasteiger partial charge in [-0.1, -0.05) is 6.08 Å². The third-order valence-electron chi connectivity index (χ3n) is 2.99. The van der Waals surface area contributed by atoms with E-state index in [0.717, 1.165) is 28.4 Å². The van der Waals surface area contributed by atoms with E-state index in [-0.39, 0.29) is 5.60 Å². The van der Waals surface area contributed by atoms with E-state index in [1.54, 1.807) is 7.11 Å². The summed E-state index contributed by atoms with van der Waals surface area (Å²) in [5.41, 5.74) is 1.74. The Hall–Kier alpha value is -1.64. The van der Waals surface area contributed by atoms with Crippen LogP contribution >= 0.6 is 0 Å². The molecule has 1 aromatic carbocycles. The summed E-state index contributed by atoms with van der Waals surface area (Å²) >= 11 is 0. The first-order valence-corrected chi connectivity index (χ1v) is 6.21. The van der Waals surface area contributed by atoms with Gasteiger partial charge in [-0.3, -0.25) is 0 Å². The molecule has 2 rings (SSSR count). The van der Waals surface area contributed by atoms with Gasteiger partial charge in [0, 0.05) is 11.1 Å². The molecular weight excluding hydrogens is 228 g/mol. The molecule has 3 nitrogen and oxygen atoms in total. The maximum atomic E-state index is 6.01. The number of hydrogen-bond donors (Lipinski definition) is 0. The second-order valence-electron chi connectivity index (χ2n) is 4.92. The molecule has 18 heavy (non-hydrogen) atoms. The van der Waals surface area contributed by atoms with Crippen molar-refractivity contribution in [2.75, 3.05) is 13.7 Å². The molecule has 0 saturated carbocycles. The van der Waals surface area contributed by atoms with Crippen molar-refractivity contribution >= 4 is 6.08 Å². The number of hydrogen-bond acceptors (Lipinski definition) is 3. The molecule has 0 bridgehead atoms. The largest absolute Gasteiger partial charge is 0.493 e. The molecule has 3 heteroatoms. The molecule has 0 atom stereocenters. The average molecular weight is 248 g/mol. The van der Waals surface area contributed by atoms with Gasteiger partial charge in [-0.25, -0.2) is 0 Å². The zero-order chi connectivity index (χ0) is 13.3. The summed E-state index contributed by atoms with van der Waals surface area (Å²) in [6.07, 6.45) is 4.12. The normalized spacial score (nSPS) is 15.8. The van der Waals surface area contributed by atoms with Crippen LogP contribution in [0.2, 0.25) is 0 Å². The molecule has 0 aromatic heterocycles. The molecule has 0 saturated heterocycles. The van der Waals surface area contributed by atoms with Crippen molar-refractivity contribution in [3.8, 4) is 17.2 Å². The van der Waals surface area contributed by atoms with Crippen LogP contribution in [0, 0.1) is 6.92 Å². The Balaban J connectivity index is 2.57. The van der Waals surface area contributed by atoms with Gasteiger partial charge in [-0.15, -0.1) is 0 Å². The smallest absolute Gasteiger partial charge is 0.167 e. The van der Waals surface area contributed by atoms with Gasteiger partial charge in [0.1, 0.15) is 11.4 Å². The standard InChI is InChI=1S/C15H20O3/c1-6-17-14-10(2)13-11(9-12(14)16-5)7-8-15(3,4)18-13/h7-9H,6H2,1-5H3. The van der Waals surface area contributed by atoms with Gasteiger partial charge < -0.3 is 14.2 Å². The molecule has 98 valence electrons. The van der Waals surface area contributed by atoms with E-state index in [2.05, 4.69) is 12.2 Å². The van der Waals surface area contributed by atoms with Crippen molar-refractivity contribution in [1.29, 1.82) is 0 Å². The lowest BCUT2D eigenvalue weighted by Crippen LogP contribution is -2.28. The Morgan fingerprint density at radius 1 is 1.33 bits per heavy atom. The topological polar surface area (TPSA) is 27.7 Å². The molecule has 0 spiro atoms. The van der Waals surface area contributed by atoms with Gasteiger partial charge in [0.25, 0.3) is 0 Å². The fraction of sp³-hybridized carbons (Fsp3) is 0.467. The minimum absolute atomic E-state index is 0.282. The van der Waals surface area contributed by atoms with Crippen LogP contribution in [-0.4, -0.2) is 19.3 Å². The molecule has 1 aliphatic rings. The number of methoxy groups -OCH3 is 1. The summed E-state index contributed by atoms with van der Waals surface area (Å²) in [4.78, 5) is 0. The Kier molecular flexibility index (Phi) is 3.24. The highest BCUT2D eigenvalue weighted by molar-refractivity contribution is 5.69. The van der Waals surface area contributed by atoms with E-state index in [4.69, 9.17) is 14.2 Å². The molecule has 1 heterocycles. The van der Waals surface area contributed by atoms with Crippen LogP contribution in [0.3, 0.4) is 0 Å².